The highest BCUT2D eigenvalue weighted by Crippen LogP contribution is 2.19. The van der Waals surface area contributed by atoms with Crippen molar-refractivity contribution in [2.75, 3.05) is 52.4 Å². The third kappa shape index (κ3) is 4.94. The van der Waals surface area contributed by atoms with E-state index in [0.29, 0.717) is 19.2 Å². The van der Waals surface area contributed by atoms with E-state index in [1.165, 1.54) is 25.9 Å². The highest BCUT2D eigenvalue weighted by molar-refractivity contribution is 5.71. The summed E-state index contributed by atoms with van der Waals surface area (Å²) in [6.45, 7) is 14.0. The second-order valence-corrected chi connectivity index (χ2v) is 6.48. The van der Waals surface area contributed by atoms with Gasteiger partial charge >= 0.3 is 5.97 Å². The molecule has 2 aliphatic rings. The Hall–Kier alpha value is -0.650. The number of carbonyl (C=O) groups is 1. The molecule has 122 valence electrons. The van der Waals surface area contributed by atoms with Crippen LogP contribution in [0.3, 0.4) is 0 Å². The van der Waals surface area contributed by atoms with Crippen molar-refractivity contribution in [3.8, 4) is 0 Å². The number of likely N-dealkylation sites (tertiary alicyclic amines) is 1. The fraction of sp³-hybridized carbons (Fsp3) is 0.938. The molecule has 0 atom stereocenters. The second-order valence-electron chi connectivity index (χ2n) is 6.48. The van der Waals surface area contributed by atoms with Gasteiger partial charge in [0.05, 0.1) is 13.2 Å². The quantitative estimate of drug-likeness (QED) is 0.709. The first-order valence-electron chi connectivity index (χ1n) is 8.46. The summed E-state index contributed by atoms with van der Waals surface area (Å²) < 4.78 is 5.02. The van der Waals surface area contributed by atoms with Crippen molar-refractivity contribution in [1.29, 1.82) is 0 Å². The first-order chi connectivity index (χ1) is 10.1. The molecule has 0 saturated carbocycles. The summed E-state index contributed by atoms with van der Waals surface area (Å²) in [5, 5.41) is 0. The molecule has 0 radical (unpaired) electrons. The fourth-order valence-electron chi connectivity index (χ4n) is 3.44. The van der Waals surface area contributed by atoms with Gasteiger partial charge in [0.2, 0.25) is 0 Å². The zero-order valence-corrected chi connectivity index (χ0v) is 13.9. The van der Waals surface area contributed by atoms with Crippen LogP contribution in [0.25, 0.3) is 0 Å². The SMILES string of the molecule is CCOC(=O)CN1CCN(C2CCN(C(C)C)CC2)CC1. The molecule has 2 saturated heterocycles. The lowest BCUT2D eigenvalue weighted by atomic mass is 10.0. The van der Waals surface area contributed by atoms with Crippen molar-refractivity contribution in [3.05, 3.63) is 0 Å². The van der Waals surface area contributed by atoms with Crippen LogP contribution in [0.1, 0.15) is 33.6 Å². The molecule has 5 nitrogen and oxygen atoms in total. The van der Waals surface area contributed by atoms with Gasteiger partial charge in [-0.15, -0.1) is 0 Å². The zero-order chi connectivity index (χ0) is 15.2. The van der Waals surface area contributed by atoms with Gasteiger partial charge in [0.25, 0.3) is 0 Å². The van der Waals surface area contributed by atoms with Crippen molar-refractivity contribution in [1.82, 2.24) is 14.7 Å². The number of ether oxygens (including phenoxy) is 1. The summed E-state index contributed by atoms with van der Waals surface area (Å²) in [6, 6.07) is 1.41. The van der Waals surface area contributed by atoms with Gasteiger partial charge in [-0.05, 0) is 46.7 Å². The Bertz CT molecular complexity index is 319. The maximum atomic E-state index is 11.5. The Balaban J connectivity index is 1.68. The standard InChI is InChI=1S/C16H31N3O2/c1-4-21-16(20)13-17-9-11-19(12-10-17)15-5-7-18(8-6-15)14(2)3/h14-15H,4-13H2,1-3H3. The number of carbonyl (C=O) groups excluding carboxylic acids is 1. The van der Waals surface area contributed by atoms with Gasteiger partial charge in [0.1, 0.15) is 0 Å². The summed E-state index contributed by atoms with van der Waals surface area (Å²) in [5.74, 6) is -0.0869. The van der Waals surface area contributed by atoms with E-state index in [0.717, 1.165) is 32.2 Å². The molecule has 0 N–H and O–H groups in total. The van der Waals surface area contributed by atoms with E-state index < -0.39 is 0 Å². The minimum atomic E-state index is -0.0869. The maximum absolute atomic E-state index is 11.5. The van der Waals surface area contributed by atoms with Gasteiger partial charge in [-0.3, -0.25) is 14.6 Å². The van der Waals surface area contributed by atoms with Crippen LogP contribution in [0, 0.1) is 0 Å². The molecule has 2 aliphatic heterocycles. The molecule has 0 aliphatic carbocycles. The highest BCUT2D eigenvalue weighted by atomic mass is 16.5. The monoisotopic (exact) mass is 297 g/mol. The molecule has 0 aromatic carbocycles. The van der Waals surface area contributed by atoms with Crippen molar-refractivity contribution in [2.45, 2.75) is 45.7 Å². The number of piperazine rings is 1. The summed E-state index contributed by atoms with van der Waals surface area (Å²) in [6.07, 6.45) is 2.58. The van der Waals surface area contributed by atoms with Crippen LogP contribution < -0.4 is 0 Å². The van der Waals surface area contributed by atoms with Crippen LogP contribution in [-0.2, 0) is 9.53 Å². The van der Waals surface area contributed by atoms with E-state index in [2.05, 4.69) is 28.5 Å². The van der Waals surface area contributed by atoms with E-state index in [-0.39, 0.29) is 5.97 Å². The molecule has 0 spiro atoms. The first-order valence-corrected chi connectivity index (χ1v) is 8.46. The minimum absolute atomic E-state index is 0.0869. The first kappa shape index (κ1) is 16.7. The Morgan fingerprint density at radius 2 is 1.71 bits per heavy atom. The van der Waals surface area contributed by atoms with Gasteiger partial charge in [-0.2, -0.15) is 0 Å². The van der Waals surface area contributed by atoms with Crippen LogP contribution in [0.4, 0.5) is 0 Å². The lowest BCUT2D eigenvalue weighted by Crippen LogP contribution is -2.54. The molecule has 21 heavy (non-hydrogen) atoms. The normalized spacial score (nSPS) is 23.6. The zero-order valence-electron chi connectivity index (χ0n) is 13.9. The molecule has 5 heteroatoms. The van der Waals surface area contributed by atoms with E-state index in [1.54, 1.807) is 0 Å². The number of nitrogens with zero attached hydrogens (tertiary/aromatic N) is 3. The van der Waals surface area contributed by atoms with Crippen molar-refractivity contribution in [3.63, 3.8) is 0 Å². The second kappa shape index (κ2) is 8.11. The highest BCUT2D eigenvalue weighted by Gasteiger charge is 2.28. The smallest absolute Gasteiger partial charge is 0.320 e. The molecule has 2 rings (SSSR count). The van der Waals surface area contributed by atoms with E-state index in [9.17, 15) is 4.79 Å². The van der Waals surface area contributed by atoms with Gasteiger partial charge in [-0.1, -0.05) is 0 Å². The van der Waals surface area contributed by atoms with Crippen LogP contribution >= 0.6 is 0 Å². The van der Waals surface area contributed by atoms with Crippen molar-refractivity contribution < 1.29 is 9.53 Å². The molecule has 0 bridgehead atoms. The number of hydrogen-bond donors (Lipinski definition) is 0. The lowest BCUT2D eigenvalue weighted by Gasteiger charge is -2.43. The molecule has 0 aromatic heterocycles. The van der Waals surface area contributed by atoms with Gasteiger partial charge in [0, 0.05) is 38.3 Å². The third-order valence-corrected chi connectivity index (χ3v) is 4.81. The molecule has 0 amide bonds. The molecular formula is C16H31N3O2. The number of piperidine rings is 1. The topological polar surface area (TPSA) is 36.0 Å². The number of hydrogen-bond acceptors (Lipinski definition) is 5. The Morgan fingerprint density at radius 1 is 1.10 bits per heavy atom. The maximum Gasteiger partial charge on any atom is 0.320 e. The number of rotatable bonds is 5. The Morgan fingerprint density at radius 3 is 2.24 bits per heavy atom. The largest absolute Gasteiger partial charge is 0.465 e. The van der Waals surface area contributed by atoms with Crippen molar-refractivity contribution >= 4 is 5.97 Å². The predicted molar refractivity (Wildman–Crippen MR) is 84.4 cm³/mol. The number of esters is 1. The summed E-state index contributed by atoms with van der Waals surface area (Å²) in [5.41, 5.74) is 0. The van der Waals surface area contributed by atoms with E-state index in [4.69, 9.17) is 4.74 Å². The average Bonchev–Trinajstić information content (AvgIpc) is 2.48. The Labute approximate surface area is 129 Å². The lowest BCUT2D eigenvalue weighted by molar-refractivity contribution is -0.144. The summed E-state index contributed by atoms with van der Waals surface area (Å²) >= 11 is 0. The average molecular weight is 297 g/mol. The van der Waals surface area contributed by atoms with Gasteiger partial charge in [0.15, 0.2) is 0 Å². The van der Waals surface area contributed by atoms with Crippen LogP contribution in [0.5, 0.6) is 0 Å². The molecule has 0 unspecified atom stereocenters. The summed E-state index contributed by atoms with van der Waals surface area (Å²) in [4.78, 5) is 18.9. The Kier molecular flexibility index (Phi) is 6.45. The molecule has 2 fully saturated rings. The molecular weight excluding hydrogens is 266 g/mol. The van der Waals surface area contributed by atoms with E-state index in [1.807, 2.05) is 6.92 Å². The molecule has 2 heterocycles. The fourth-order valence-corrected chi connectivity index (χ4v) is 3.44. The minimum Gasteiger partial charge on any atom is -0.465 e. The molecule has 0 aromatic rings. The van der Waals surface area contributed by atoms with Crippen LogP contribution in [0.2, 0.25) is 0 Å². The third-order valence-electron chi connectivity index (χ3n) is 4.81. The van der Waals surface area contributed by atoms with Gasteiger partial charge < -0.3 is 9.64 Å². The van der Waals surface area contributed by atoms with Crippen LogP contribution in [-0.4, -0.2) is 85.2 Å². The van der Waals surface area contributed by atoms with Gasteiger partial charge in [-0.25, -0.2) is 0 Å². The van der Waals surface area contributed by atoms with Crippen molar-refractivity contribution in [2.24, 2.45) is 0 Å². The summed E-state index contributed by atoms with van der Waals surface area (Å²) in [7, 11) is 0. The van der Waals surface area contributed by atoms with Crippen LogP contribution in [0.15, 0.2) is 0 Å². The predicted octanol–water partition coefficient (Wildman–Crippen LogP) is 1.04. The van der Waals surface area contributed by atoms with E-state index >= 15 is 0 Å².